The molecule has 0 saturated heterocycles. The number of aromatic nitrogens is 2. The molecule has 0 spiro atoms. The summed E-state index contributed by atoms with van der Waals surface area (Å²) in [6.45, 7) is 3.82. The second kappa shape index (κ2) is 9.27. The van der Waals surface area contributed by atoms with Gasteiger partial charge in [0.1, 0.15) is 5.58 Å². The molecule has 7 nitrogen and oxygen atoms in total. The van der Waals surface area contributed by atoms with Gasteiger partial charge in [0.05, 0.1) is 30.3 Å². The smallest absolute Gasteiger partial charge is 0.282 e. The molecule has 5 aromatic rings. The third-order valence-corrected chi connectivity index (χ3v) is 5.55. The highest BCUT2D eigenvalue weighted by Gasteiger charge is 2.18. The predicted molar refractivity (Wildman–Crippen MR) is 138 cm³/mol. The van der Waals surface area contributed by atoms with Crippen molar-refractivity contribution >= 4 is 39.7 Å². The molecule has 0 aliphatic heterocycles. The number of methoxy groups -OCH3 is 1. The first-order valence-corrected chi connectivity index (χ1v) is 11.4. The molecular weight excluding hydrogens is 466 g/mol. The molecule has 0 fully saturated rings. The summed E-state index contributed by atoms with van der Waals surface area (Å²) >= 11 is 6.31. The van der Waals surface area contributed by atoms with Crippen LogP contribution in [0, 0.1) is 0 Å². The van der Waals surface area contributed by atoms with E-state index in [4.69, 9.17) is 30.5 Å². The lowest BCUT2D eigenvalue weighted by Crippen LogP contribution is -2.20. The maximum absolute atomic E-state index is 13.5. The highest BCUT2D eigenvalue weighted by Crippen LogP contribution is 2.35. The van der Waals surface area contributed by atoms with Crippen molar-refractivity contribution in [2.24, 2.45) is 5.10 Å². The Balaban J connectivity index is 1.72. The van der Waals surface area contributed by atoms with Crippen LogP contribution in [0.4, 0.5) is 0 Å². The summed E-state index contributed by atoms with van der Waals surface area (Å²) < 4.78 is 18.7. The number of para-hydroxylation sites is 2. The number of benzene rings is 3. The van der Waals surface area contributed by atoms with Crippen molar-refractivity contribution in [3.63, 3.8) is 0 Å². The lowest BCUT2D eigenvalue weighted by Gasteiger charge is -2.16. The first kappa shape index (κ1) is 22.7. The van der Waals surface area contributed by atoms with E-state index in [1.807, 2.05) is 50.2 Å². The third kappa shape index (κ3) is 4.38. The van der Waals surface area contributed by atoms with Crippen LogP contribution < -0.4 is 15.0 Å². The molecule has 0 bridgehead atoms. The lowest BCUT2D eigenvalue weighted by molar-refractivity contribution is 0.230. The van der Waals surface area contributed by atoms with Crippen LogP contribution in [0.25, 0.3) is 33.5 Å². The van der Waals surface area contributed by atoms with Gasteiger partial charge in [0.25, 0.3) is 5.56 Å². The van der Waals surface area contributed by atoms with Gasteiger partial charge in [-0.1, -0.05) is 41.9 Å². The number of fused-ring (bicyclic) bond motifs is 2. The summed E-state index contributed by atoms with van der Waals surface area (Å²) in [6.07, 6.45) is 1.39. The second-order valence-electron chi connectivity index (χ2n) is 8.16. The molecule has 0 radical (unpaired) electrons. The van der Waals surface area contributed by atoms with Gasteiger partial charge in [-0.05, 0) is 44.2 Å². The summed E-state index contributed by atoms with van der Waals surface area (Å²) in [5.74, 6) is 1.65. The number of nitrogens with zero attached hydrogens (tertiary/aromatic N) is 3. The second-order valence-corrected chi connectivity index (χ2v) is 8.59. The zero-order chi connectivity index (χ0) is 24.5. The number of furan rings is 1. The van der Waals surface area contributed by atoms with Gasteiger partial charge < -0.3 is 13.9 Å². The largest absolute Gasteiger partial charge is 0.493 e. The molecule has 0 atom stereocenters. The van der Waals surface area contributed by atoms with E-state index in [-0.39, 0.29) is 17.5 Å². The van der Waals surface area contributed by atoms with Crippen molar-refractivity contribution in [3.8, 4) is 23.1 Å². The Hall–Kier alpha value is -4.10. The van der Waals surface area contributed by atoms with Gasteiger partial charge in [0.15, 0.2) is 17.3 Å². The number of rotatable bonds is 6. The maximum atomic E-state index is 13.5. The van der Waals surface area contributed by atoms with Crippen molar-refractivity contribution in [2.75, 3.05) is 7.11 Å². The molecule has 0 amide bonds. The highest BCUT2D eigenvalue weighted by molar-refractivity contribution is 6.31. The van der Waals surface area contributed by atoms with E-state index in [9.17, 15) is 4.79 Å². The molecule has 0 unspecified atom stereocenters. The zero-order valence-electron chi connectivity index (χ0n) is 19.4. The van der Waals surface area contributed by atoms with Crippen LogP contribution in [-0.4, -0.2) is 29.1 Å². The molecule has 5 rings (SSSR count). The number of hydrogen-bond acceptors (Lipinski definition) is 6. The summed E-state index contributed by atoms with van der Waals surface area (Å²) in [5, 5.41) is 6.30. The fourth-order valence-corrected chi connectivity index (χ4v) is 4.02. The van der Waals surface area contributed by atoms with E-state index in [2.05, 4.69) is 5.10 Å². The SMILES string of the molecule is COc1cc(Cl)cc(C=Nn2c(-c3cc4ccccc4o3)nc3ccccc3c2=O)c1OC(C)C. The van der Waals surface area contributed by atoms with Gasteiger partial charge in [-0.25, -0.2) is 4.98 Å². The topological polar surface area (TPSA) is 78.9 Å². The van der Waals surface area contributed by atoms with E-state index < -0.39 is 0 Å². The summed E-state index contributed by atoms with van der Waals surface area (Å²) in [6, 6.07) is 19.9. The van der Waals surface area contributed by atoms with Crippen LogP contribution in [0.15, 0.2) is 81.0 Å². The van der Waals surface area contributed by atoms with Crippen LogP contribution in [-0.2, 0) is 0 Å². The number of hydrogen-bond donors (Lipinski definition) is 0. The molecule has 176 valence electrons. The third-order valence-electron chi connectivity index (χ3n) is 5.33. The van der Waals surface area contributed by atoms with Crippen LogP contribution in [0.5, 0.6) is 11.5 Å². The van der Waals surface area contributed by atoms with E-state index in [1.54, 1.807) is 30.3 Å². The fourth-order valence-electron chi connectivity index (χ4n) is 3.80. The molecule has 0 saturated carbocycles. The maximum Gasteiger partial charge on any atom is 0.282 e. The van der Waals surface area contributed by atoms with Crippen LogP contribution in [0.3, 0.4) is 0 Å². The van der Waals surface area contributed by atoms with Gasteiger partial charge in [-0.15, -0.1) is 0 Å². The Labute approximate surface area is 206 Å². The molecule has 2 aromatic heterocycles. The monoisotopic (exact) mass is 487 g/mol. The Kier molecular flexibility index (Phi) is 6.01. The Morgan fingerprint density at radius 1 is 1.09 bits per heavy atom. The van der Waals surface area contributed by atoms with E-state index in [1.165, 1.54) is 18.0 Å². The summed E-state index contributed by atoms with van der Waals surface area (Å²) in [5.41, 5.74) is 1.46. The molecular formula is C27H22ClN3O4. The lowest BCUT2D eigenvalue weighted by atomic mass is 10.2. The summed E-state index contributed by atoms with van der Waals surface area (Å²) in [7, 11) is 1.54. The molecule has 8 heteroatoms. The minimum Gasteiger partial charge on any atom is -0.493 e. The number of ether oxygens (including phenoxy) is 2. The van der Waals surface area contributed by atoms with Crippen molar-refractivity contribution in [2.45, 2.75) is 20.0 Å². The molecule has 0 aliphatic carbocycles. The average molecular weight is 488 g/mol. The average Bonchev–Trinajstić information content (AvgIpc) is 3.28. The molecule has 0 aliphatic rings. The molecule has 0 N–H and O–H groups in total. The van der Waals surface area contributed by atoms with Crippen LogP contribution >= 0.6 is 11.6 Å². The quantitative estimate of drug-likeness (QED) is 0.269. The zero-order valence-corrected chi connectivity index (χ0v) is 20.1. The number of halogens is 1. The Bertz CT molecular complexity index is 1600. The van der Waals surface area contributed by atoms with Crippen molar-refractivity contribution < 1.29 is 13.9 Å². The van der Waals surface area contributed by atoms with E-state index >= 15 is 0 Å². The first-order chi connectivity index (χ1) is 16.9. The van der Waals surface area contributed by atoms with Gasteiger partial charge in [-0.2, -0.15) is 9.78 Å². The van der Waals surface area contributed by atoms with Gasteiger partial charge in [0, 0.05) is 22.0 Å². The standard InChI is InChI=1S/C27H22ClN3O4/c1-16(2)34-25-18(12-19(28)14-23(25)33-3)15-29-31-26(24-13-17-8-4-7-11-22(17)35-24)30-21-10-6-5-9-20(21)27(31)32/h4-16H,1-3H3. The fraction of sp³-hybridized carbons (Fsp3) is 0.148. The predicted octanol–water partition coefficient (Wildman–Crippen LogP) is 6.14. The van der Waals surface area contributed by atoms with Gasteiger partial charge >= 0.3 is 0 Å². The molecule has 2 heterocycles. The molecule has 3 aromatic carbocycles. The minimum absolute atomic E-state index is 0.117. The first-order valence-electron chi connectivity index (χ1n) is 11.0. The van der Waals surface area contributed by atoms with Crippen molar-refractivity contribution in [3.05, 3.63) is 87.7 Å². The minimum atomic E-state index is -0.331. The van der Waals surface area contributed by atoms with E-state index in [0.29, 0.717) is 44.3 Å². The van der Waals surface area contributed by atoms with Gasteiger partial charge in [0.2, 0.25) is 5.82 Å². The van der Waals surface area contributed by atoms with Crippen molar-refractivity contribution in [1.82, 2.24) is 9.66 Å². The Morgan fingerprint density at radius 3 is 2.63 bits per heavy atom. The summed E-state index contributed by atoms with van der Waals surface area (Å²) in [4.78, 5) is 18.2. The van der Waals surface area contributed by atoms with Crippen molar-refractivity contribution in [1.29, 1.82) is 0 Å². The molecule has 35 heavy (non-hydrogen) atoms. The highest BCUT2D eigenvalue weighted by atomic mass is 35.5. The normalized spacial score (nSPS) is 11.7. The van der Waals surface area contributed by atoms with Gasteiger partial charge in [-0.3, -0.25) is 4.79 Å². The Morgan fingerprint density at radius 2 is 1.86 bits per heavy atom. The van der Waals surface area contributed by atoms with E-state index in [0.717, 1.165) is 5.39 Å². The van der Waals surface area contributed by atoms with Crippen LogP contribution in [0.1, 0.15) is 19.4 Å². The van der Waals surface area contributed by atoms with Crippen LogP contribution in [0.2, 0.25) is 5.02 Å².